The van der Waals surface area contributed by atoms with Gasteiger partial charge in [-0.25, -0.2) is 0 Å². The summed E-state index contributed by atoms with van der Waals surface area (Å²) in [4.78, 5) is 13.5. The molecule has 2 rings (SSSR count). The molecule has 1 fully saturated rings. The zero-order valence-corrected chi connectivity index (χ0v) is 11.3. The zero-order chi connectivity index (χ0) is 13.3. The van der Waals surface area contributed by atoms with Crippen LogP contribution < -0.4 is 0 Å². The van der Waals surface area contributed by atoms with Crippen LogP contribution in [-0.4, -0.2) is 28.6 Å². The Labute approximate surface area is 108 Å². The van der Waals surface area contributed by atoms with Crippen LogP contribution in [0.4, 0.5) is 0 Å². The fourth-order valence-corrected chi connectivity index (χ4v) is 2.54. The normalized spacial score (nSPS) is 18.7. The summed E-state index contributed by atoms with van der Waals surface area (Å²) in [6.45, 7) is 4.59. The maximum atomic E-state index is 11.6. The van der Waals surface area contributed by atoms with Gasteiger partial charge < -0.3 is 5.11 Å². The van der Waals surface area contributed by atoms with E-state index in [0.29, 0.717) is 12.5 Å². The molecule has 3 heteroatoms. The maximum absolute atomic E-state index is 11.6. The number of rotatable bonds is 5. The fraction of sp³-hybridized carbons (Fsp3) is 0.533. The first kappa shape index (κ1) is 13.1. The van der Waals surface area contributed by atoms with E-state index in [9.17, 15) is 9.90 Å². The summed E-state index contributed by atoms with van der Waals surface area (Å²) in [6.07, 6.45) is 2.06. The van der Waals surface area contributed by atoms with E-state index in [4.69, 9.17) is 0 Å². The lowest BCUT2D eigenvalue weighted by Gasteiger charge is -2.35. The first-order valence-corrected chi connectivity index (χ1v) is 6.44. The van der Waals surface area contributed by atoms with E-state index in [1.807, 2.05) is 24.9 Å². The maximum Gasteiger partial charge on any atom is 0.324 e. The molecule has 0 heterocycles. The molecule has 1 unspecified atom stereocenters. The van der Waals surface area contributed by atoms with Crippen molar-refractivity contribution in [1.29, 1.82) is 0 Å². The highest BCUT2D eigenvalue weighted by molar-refractivity contribution is 5.79. The number of aryl methyl sites for hydroxylation is 1. The van der Waals surface area contributed by atoms with E-state index in [2.05, 4.69) is 25.1 Å². The first-order valence-electron chi connectivity index (χ1n) is 6.44. The molecule has 1 aromatic rings. The molecule has 1 N–H and O–H groups in total. The Bertz CT molecular complexity index is 454. The number of aliphatic carboxylic acids is 1. The topological polar surface area (TPSA) is 40.5 Å². The van der Waals surface area contributed by atoms with E-state index in [1.165, 1.54) is 11.1 Å². The van der Waals surface area contributed by atoms with Crippen LogP contribution in [-0.2, 0) is 11.3 Å². The zero-order valence-electron chi connectivity index (χ0n) is 11.3. The Morgan fingerprint density at radius 3 is 2.67 bits per heavy atom. The quantitative estimate of drug-likeness (QED) is 0.869. The number of carboxylic acids is 1. The number of nitrogens with zero attached hydrogens (tertiary/aromatic N) is 1. The van der Waals surface area contributed by atoms with Gasteiger partial charge in [0.2, 0.25) is 0 Å². The molecule has 0 aromatic heterocycles. The van der Waals surface area contributed by atoms with Crippen LogP contribution in [0.1, 0.15) is 30.9 Å². The molecular weight excluding hydrogens is 226 g/mol. The Morgan fingerprint density at radius 1 is 1.50 bits per heavy atom. The Hall–Kier alpha value is -1.35. The second kappa shape index (κ2) is 4.73. The van der Waals surface area contributed by atoms with Gasteiger partial charge in [0.15, 0.2) is 0 Å². The summed E-state index contributed by atoms with van der Waals surface area (Å²) in [5.41, 5.74) is 1.65. The molecule has 1 aromatic carbocycles. The number of hydrogen-bond acceptors (Lipinski definition) is 2. The molecular formula is C15H21NO2. The monoisotopic (exact) mass is 247 g/mol. The number of hydrogen-bond donors (Lipinski definition) is 1. The summed E-state index contributed by atoms with van der Waals surface area (Å²) >= 11 is 0. The molecule has 1 aliphatic rings. The van der Waals surface area contributed by atoms with Crippen molar-refractivity contribution in [2.45, 2.75) is 38.8 Å². The van der Waals surface area contributed by atoms with Crippen molar-refractivity contribution >= 4 is 5.97 Å². The molecule has 1 saturated carbocycles. The van der Waals surface area contributed by atoms with E-state index in [0.717, 1.165) is 12.8 Å². The van der Waals surface area contributed by atoms with Gasteiger partial charge in [-0.3, -0.25) is 9.69 Å². The highest BCUT2D eigenvalue weighted by Crippen LogP contribution is 2.43. The van der Waals surface area contributed by atoms with Gasteiger partial charge in [-0.05, 0) is 45.2 Å². The third-order valence-electron chi connectivity index (χ3n) is 4.10. The molecule has 18 heavy (non-hydrogen) atoms. The molecule has 0 saturated heterocycles. The van der Waals surface area contributed by atoms with Crippen molar-refractivity contribution in [2.75, 3.05) is 7.05 Å². The second-order valence-electron chi connectivity index (χ2n) is 5.57. The van der Waals surface area contributed by atoms with Crippen LogP contribution in [0.3, 0.4) is 0 Å². The van der Waals surface area contributed by atoms with Crippen LogP contribution in [0.15, 0.2) is 24.3 Å². The van der Waals surface area contributed by atoms with Crippen molar-refractivity contribution < 1.29 is 9.90 Å². The van der Waals surface area contributed by atoms with Gasteiger partial charge in [-0.1, -0.05) is 29.8 Å². The molecule has 0 amide bonds. The molecule has 3 nitrogen and oxygen atoms in total. The van der Waals surface area contributed by atoms with Gasteiger partial charge >= 0.3 is 5.97 Å². The number of benzene rings is 1. The minimum atomic E-state index is -0.732. The third-order valence-corrected chi connectivity index (χ3v) is 4.10. The average Bonchev–Trinajstić information content (AvgIpc) is 3.11. The van der Waals surface area contributed by atoms with E-state index in [1.54, 1.807) is 0 Å². The van der Waals surface area contributed by atoms with Gasteiger partial charge in [0, 0.05) is 6.54 Å². The van der Waals surface area contributed by atoms with Crippen LogP contribution in [0, 0.1) is 12.8 Å². The van der Waals surface area contributed by atoms with E-state index in [-0.39, 0.29) is 0 Å². The van der Waals surface area contributed by atoms with Crippen LogP contribution >= 0.6 is 0 Å². The summed E-state index contributed by atoms with van der Waals surface area (Å²) in [7, 11) is 1.91. The van der Waals surface area contributed by atoms with Crippen molar-refractivity contribution in [2.24, 2.45) is 5.92 Å². The minimum absolute atomic E-state index is 0.296. The highest BCUT2D eigenvalue weighted by atomic mass is 16.4. The van der Waals surface area contributed by atoms with Crippen molar-refractivity contribution in [3.8, 4) is 0 Å². The summed E-state index contributed by atoms with van der Waals surface area (Å²) in [5.74, 6) is -0.412. The highest BCUT2D eigenvalue weighted by Gasteiger charge is 2.50. The van der Waals surface area contributed by atoms with Crippen LogP contribution in [0.25, 0.3) is 0 Å². The van der Waals surface area contributed by atoms with Gasteiger partial charge in [-0.2, -0.15) is 0 Å². The molecule has 0 aliphatic heterocycles. The van der Waals surface area contributed by atoms with Crippen molar-refractivity contribution in [1.82, 2.24) is 4.90 Å². The lowest BCUT2D eigenvalue weighted by Crippen LogP contribution is -2.51. The summed E-state index contributed by atoms with van der Waals surface area (Å²) in [5, 5.41) is 9.50. The predicted octanol–water partition coefficient (Wildman–Crippen LogP) is 2.68. The van der Waals surface area contributed by atoms with Gasteiger partial charge in [0.05, 0.1) is 0 Å². The lowest BCUT2D eigenvalue weighted by atomic mass is 9.93. The molecule has 1 atom stereocenters. The predicted molar refractivity (Wildman–Crippen MR) is 71.4 cm³/mol. The molecule has 1 aliphatic carbocycles. The SMILES string of the molecule is Cc1cccc(CN(C)C(C)(C(=O)O)C2CC2)c1. The van der Waals surface area contributed by atoms with Gasteiger partial charge in [0.1, 0.15) is 5.54 Å². The number of carboxylic acid groups (broad SMARTS) is 1. The minimum Gasteiger partial charge on any atom is -0.480 e. The molecule has 0 radical (unpaired) electrons. The van der Waals surface area contributed by atoms with Crippen LogP contribution in [0.5, 0.6) is 0 Å². The Kier molecular flexibility index (Phi) is 3.44. The van der Waals surface area contributed by atoms with Gasteiger partial charge in [0.25, 0.3) is 0 Å². The summed E-state index contributed by atoms with van der Waals surface area (Å²) < 4.78 is 0. The fourth-order valence-electron chi connectivity index (χ4n) is 2.54. The largest absolute Gasteiger partial charge is 0.480 e. The number of likely N-dealkylation sites (N-methyl/N-ethyl adjacent to an activating group) is 1. The number of carbonyl (C=O) groups is 1. The van der Waals surface area contributed by atoms with Crippen molar-refractivity contribution in [3.63, 3.8) is 0 Å². The third kappa shape index (κ3) is 2.41. The lowest BCUT2D eigenvalue weighted by molar-refractivity contribution is -0.151. The molecule has 0 bridgehead atoms. The van der Waals surface area contributed by atoms with E-state index < -0.39 is 11.5 Å². The average molecular weight is 247 g/mol. The van der Waals surface area contributed by atoms with Crippen molar-refractivity contribution in [3.05, 3.63) is 35.4 Å². The molecule has 0 spiro atoms. The summed E-state index contributed by atoms with van der Waals surface area (Å²) in [6, 6.07) is 8.25. The Morgan fingerprint density at radius 2 is 2.17 bits per heavy atom. The van der Waals surface area contributed by atoms with Crippen LogP contribution in [0.2, 0.25) is 0 Å². The first-order chi connectivity index (χ1) is 8.44. The second-order valence-corrected chi connectivity index (χ2v) is 5.57. The molecule has 98 valence electrons. The standard InChI is InChI=1S/C15H21NO2/c1-11-5-4-6-12(9-11)10-16(3)15(2,14(17)18)13-7-8-13/h4-6,9,13H,7-8,10H2,1-3H3,(H,17,18). The van der Waals surface area contributed by atoms with E-state index >= 15 is 0 Å². The smallest absolute Gasteiger partial charge is 0.324 e. The Balaban J connectivity index is 2.15. The van der Waals surface area contributed by atoms with Gasteiger partial charge in [-0.15, -0.1) is 0 Å².